The molecule has 2 aromatic rings. The summed E-state index contributed by atoms with van der Waals surface area (Å²) in [6.45, 7) is 3.88. The predicted molar refractivity (Wildman–Crippen MR) is 127 cm³/mol. The highest BCUT2D eigenvalue weighted by Gasteiger charge is 2.44. The highest BCUT2D eigenvalue weighted by atomic mass is 19.4. The number of halogens is 5. The van der Waals surface area contributed by atoms with Crippen molar-refractivity contribution in [1.29, 1.82) is 0 Å². The number of nitrogens with one attached hydrogen (secondary N) is 1. The summed E-state index contributed by atoms with van der Waals surface area (Å²) in [5.74, 6) is -2.73. The number of aryl methyl sites for hydroxylation is 1. The molecule has 0 radical (unpaired) electrons. The number of alkyl halides is 3. The van der Waals surface area contributed by atoms with E-state index in [2.05, 4.69) is 10.3 Å². The number of hydrogen-bond acceptors (Lipinski definition) is 5. The Labute approximate surface area is 211 Å². The van der Waals surface area contributed by atoms with Gasteiger partial charge in [0, 0.05) is 55.6 Å². The fourth-order valence-electron chi connectivity index (χ4n) is 5.03. The van der Waals surface area contributed by atoms with E-state index in [9.17, 15) is 31.5 Å². The van der Waals surface area contributed by atoms with E-state index in [0.717, 1.165) is 24.3 Å². The molecule has 0 aliphatic carbocycles. The molecule has 12 heteroatoms. The molecular weight excluding hydrogens is 497 g/mol. The Bertz CT molecular complexity index is 1190. The molecule has 200 valence electrons. The lowest BCUT2D eigenvalue weighted by molar-refractivity contribution is -0.137. The lowest BCUT2D eigenvalue weighted by Crippen LogP contribution is -2.46. The van der Waals surface area contributed by atoms with E-state index in [1.54, 1.807) is 11.8 Å². The standard InChI is InChI=1S/C25H28F5N5O2/c1-4-34(16-5-6-19(26)20(27)9-16)24(37)21-10-18(33(3)17-11-23(36)31-12-17)13-35(21)22-8-15(25(28,29)30)7-14(2)32-22/h5-9,17-18,21H,4,10-13H2,1-3H3,(H,31,36). The molecule has 2 saturated heterocycles. The van der Waals surface area contributed by atoms with Crippen molar-refractivity contribution in [3.63, 3.8) is 0 Å². The second-order valence-corrected chi connectivity index (χ2v) is 9.42. The molecule has 1 aromatic carbocycles. The zero-order valence-corrected chi connectivity index (χ0v) is 20.6. The third-order valence-electron chi connectivity index (χ3n) is 7.03. The van der Waals surface area contributed by atoms with Crippen LogP contribution >= 0.6 is 0 Å². The van der Waals surface area contributed by atoms with Gasteiger partial charge in [-0.2, -0.15) is 13.2 Å². The van der Waals surface area contributed by atoms with Crippen LogP contribution in [0.25, 0.3) is 0 Å². The van der Waals surface area contributed by atoms with E-state index in [4.69, 9.17) is 0 Å². The van der Waals surface area contributed by atoms with Crippen LogP contribution in [0.1, 0.15) is 31.0 Å². The van der Waals surface area contributed by atoms with Gasteiger partial charge in [0.05, 0.1) is 5.56 Å². The molecule has 7 nitrogen and oxygen atoms in total. The molecule has 2 aliphatic heterocycles. The lowest BCUT2D eigenvalue weighted by Gasteiger charge is -2.31. The van der Waals surface area contributed by atoms with Crippen LogP contribution in [0.3, 0.4) is 0 Å². The Balaban J connectivity index is 1.71. The molecule has 0 bridgehead atoms. The largest absolute Gasteiger partial charge is 0.416 e. The Hall–Kier alpha value is -3.28. The van der Waals surface area contributed by atoms with E-state index in [1.807, 2.05) is 11.9 Å². The van der Waals surface area contributed by atoms with Gasteiger partial charge in [0.25, 0.3) is 0 Å². The topological polar surface area (TPSA) is 68.8 Å². The van der Waals surface area contributed by atoms with Gasteiger partial charge < -0.3 is 15.1 Å². The van der Waals surface area contributed by atoms with Crippen LogP contribution in [-0.2, 0) is 15.8 Å². The fourth-order valence-corrected chi connectivity index (χ4v) is 5.03. The van der Waals surface area contributed by atoms with Crippen LogP contribution in [0, 0.1) is 18.6 Å². The number of pyridine rings is 1. The van der Waals surface area contributed by atoms with Crippen molar-refractivity contribution in [2.45, 2.75) is 51.0 Å². The van der Waals surface area contributed by atoms with Crippen LogP contribution in [0.15, 0.2) is 30.3 Å². The average Bonchev–Trinajstić information content (AvgIpc) is 3.47. The van der Waals surface area contributed by atoms with Crippen molar-refractivity contribution in [1.82, 2.24) is 15.2 Å². The number of rotatable bonds is 6. The van der Waals surface area contributed by atoms with Gasteiger partial charge in [0.1, 0.15) is 11.9 Å². The first-order valence-corrected chi connectivity index (χ1v) is 12.0. The molecule has 1 aromatic heterocycles. The molecule has 37 heavy (non-hydrogen) atoms. The summed E-state index contributed by atoms with van der Waals surface area (Å²) in [6, 6.07) is 3.67. The average molecular weight is 526 g/mol. The highest BCUT2D eigenvalue weighted by molar-refractivity contribution is 5.99. The molecular formula is C25H28F5N5O2. The smallest absolute Gasteiger partial charge is 0.354 e. The third-order valence-corrected chi connectivity index (χ3v) is 7.03. The zero-order valence-electron chi connectivity index (χ0n) is 20.6. The number of carbonyl (C=O) groups is 2. The Morgan fingerprint density at radius 2 is 1.89 bits per heavy atom. The Morgan fingerprint density at radius 3 is 2.49 bits per heavy atom. The minimum absolute atomic E-state index is 0.00328. The van der Waals surface area contributed by atoms with Crippen molar-refractivity contribution >= 4 is 23.3 Å². The molecule has 1 N–H and O–H groups in total. The van der Waals surface area contributed by atoms with E-state index < -0.39 is 35.3 Å². The van der Waals surface area contributed by atoms with Crippen molar-refractivity contribution in [2.24, 2.45) is 0 Å². The second kappa shape index (κ2) is 10.2. The number of nitrogens with zero attached hydrogens (tertiary/aromatic N) is 4. The first kappa shape index (κ1) is 26.8. The van der Waals surface area contributed by atoms with Crippen LogP contribution < -0.4 is 15.1 Å². The maximum atomic E-state index is 14.0. The van der Waals surface area contributed by atoms with Crippen molar-refractivity contribution < 1.29 is 31.5 Å². The summed E-state index contributed by atoms with van der Waals surface area (Å²) < 4.78 is 68.2. The van der Waals surface area contributed by atoms with Crippen molar-refractivity contribution in [3.05, 3.63) is 53.2 Å². The van der Waals surface area contributed by atoms with Gasteiger partial charge in [-0.15, -0.1) is 0 Å². The van der Waals surface area contributed by atoms with Gasteiger partial charge in [-0.3, -0.25) is 14.5 Å². The normalized spacial score (nSPS) is 22.0. The molecule has 3 unspecified atom stereocenters. The number of hydrogen-bond donors (Lipinski definition) is 1. The van der Waals surface area contributed by atoms with E-state index >= 15 is 0 Å². The number of likely N-dealkylation sites (N-methyl/N-ethyl adjacent to an activating group) is 2. The minimum atomic E-state index is -4.60. The molecule has 3 atom stereocenters. The molecule has 0 saturated carbocycles. The summed E-state index contributed by atoms with van der Waals surface area (Å²) in [6.07, 6.45) is -4.07. The van der Waals surface area contributed by atoms with Gasteiger partial charge in [0.15, 0.2) is 11.6 Å². The molecule has 2 amide bonds. The van der Waals surface area contributed by atoms with Gasteiger partial charge in [-0.1, -0.05) is 0 Å². The highest BCUT2D eigenvalue weighted by Crippen LogP contribution is 2.35. The van der Waals surface area contributed by atoms with Gasteiger partial charge >= 0.3 is 6.18 Å². The van der Waals surface area contributed by atoms with E-state index in [1.165, 1.54) is 17.9 Å². The molecule has 2 aliphatic rings. The molecule has 4 rings (SSSR count). The lowest BCUT2D eigenvalue weighted by atomic mass is 10.1. The summed E-state index contributed by atoms with van der Waals surface area (Å²) in [5, 5.41) is 2.77. The summed E-state index contributed by atoms with van der Waals surface area (Å²) >= 11 is 0. The zero-order chi connectivity index (χ0) is 27.1. The van der Waals surface area contributed by atoms with Crippen LogP contribution in [0.2, 0.25) is 0 Å². The van der Waals surface area contributed by atoms with Crippen molar-refractivity contribution in [2.75, 3.05) is 36.5 Å². The minimum Gasteiger partial charge on any atom is -0.354 e. The van der Waals surface area contributed by atoms with Crippen LogP contribution in [0.4, 0.5) is 33.5 Å². The third kappa shape index (κ3) is 5.53. The van der Waals surface area contributed by atoms with E-state index in [0.29, 0.717) is 6.54 Å². The summed E-state index contributed by atoms with van der Waals surface area (Å²) in [5.41, 5.74) is -0.593. The van der Waals surface area contributed by atoms with Crippen molar-refractivity contribution in [3.8, 4) is 0 Å². The summed E-state index contributed by atoms with van der Waals surface area (Å²) in [4.78, 5) is 34.6. The Morgan fingerprint density at radius 1 is 1.16 bits per heavy atom. The number of anilines is 2. The maximum absolute atomic E-state index is 14.0. The number of benzene rings is 1. The van der Waals surface area contributed by atoms with Gasteiger partial charge in [0.2, 0.25) is 11.8 Å². The monoisotopic (exact) mass is 525 g/mol. The van der Waals surface area contributed by atoms with Gasteiger partial charge in [-0.05, 0) is 51.6 Å². The first-order chi connectivity index (χ1) is 17.4. The number of amides is 2. The van der Waals surface area contributed by atoms with Crippen LogP contribution in [-0.4, -0.2) is 66.5 Å². The maximum Gasteiger partial charge on any atom is 0.416 e. The van der Waals surface area contributed by atoms with Gasteiger partial charge in [-0.25, -0.2) is 13.8 Å². The fraction of sp³-hybridized carbons (Fsp3) is 0.480. The van der Waals surface area contributed by atoms with Crippen LogP contribution in [0.5, 0.6) is 0 Å². The first-order valence-electron chi connectivity index (χ1n) is 12.0. The predicted octanol–water partition coefficient (Wildman–Crippen LogP) is 3.51. The Kier molecular flexibility index (Phi) is 7.40. The molecule has 2 fully saturated rings. The molecule has 3 heterocycles. The molecule has 0 spiro atoms. The number of carbonyl (C=O) groups excluding carboxylic acids is 2. The quantitative estimate of drug-likeness (QED) is 0.585. The number of aromatic nitrogens is 1. The van der Waals surface area contributed by atoms with E-state index in [-0.39, 0.29) is 61.1 Å². The summed E-state index contributed by atoms with van der Waals surface area (Å²) in [7, 11) is 1.82. The SMILES string of the molecule is CCN(C(=O)C1CC(N(C)C2CNC(=O)C2)CN1c1cc(C(F)(F)F)cc(C)n1)c1ccc(F)c(F)c1. The second-order valence-electron chi connectivity index (χ2n) is 9.42.